The minimum Gasteiger partial charge on any atom is -0.339 e. The van der Waals surface area contributed by atoms with E-state index in [9.17, 15) is 4.79 Å². The summed E-state index contributed by atoms with van der Waals surface area (Å²) in [7, 11) is 0. The molecule has 2 heterocycles. The molecule has 5 nitrogen and oxygen atoms in total. The molecular formula is C19H17N3O2. The maximum atomic E-state index is 12.3. The van der Waals surface area contributed by atoms with Crippen molar-refractivity contribution in [1.82, 2.24) is 15.0 Å². The van der Waals surface area contributed by atoms with Crippen LogP contribution in [-0.2, 0) is 6.42 Å². The van der Waals surface area contributed by atoms with E-state index in [0.29, 0.717) is 36.8 Å². The van der Waals surface area contributed by atoms with E-state index >= 15 is 0 Å². The number of hydrogen-bond acceptors (Lipinski definition) is 4. The number of benzene rings is 2. The second kappa shape index (κ2) is 6.28. The Bertz CT molecular complexity index is 824. The lowest BCUT2D eigenvalue weighted by Crippen LogP contribution is -2.48. The monoisotopic (exact) mass is 319 g/mol. The van der Waals surface area contributed by atoms with Crippen LogP contribution >= 0.6 is 0 Å². The summed E-state index contributed by atoms with van der Waals surface area (Å²) >= 11 is 0. The molecule has 1 aliphatic heterocycles. The lowest BCUT2D eigenvalue weighted by Gasteiger charge is -2.37. The fourth-order valence-corrected chi connectivity index (χ4v) is 2.85. The second-order valence-corrected chi connectivity index (χ2v) is 5.98. The van der Waals surface area contributed by atoms with Crippen LogP contribution in [0.1, 0.15) is 33.6 Å². The molecular weight excluding hydrogens is 302 g/mol. The Morgan fingerprint density at radius 1 is 1.04 bits per heavy atom. The molecule has 0 spiro atoms. The quantitative estimate of drug-likeness (QED) is 0.742. The van der Waals surface area contributed by atoms with Gasteiger partial charge in [0.05, 0.1) is 5.92 Å². The molecule has 0 unspecified atom stereocenters. The molecule has 24 heavy (non-hydrogen) atoms. The van der Waals surface area contributed by atoms with E-state index in [-0.39, 0.29) is 11.8 Å². The van der Waals surface area contributed by atoms with Crippen molar-refractivity contribution in [1.29, 1.82) is 0 Å². The van der Waals surface area contributed by atoms with E-state index in [1.807, 2.05) is 60.7 Å². The predicted octanol–water partition coefficient (Wildman–Crippen LogP) is 2.90. The molecule has 0 N–H and O–H groups in total. The summed E-state index contributed by atoms with van der Waals surface area (Å²) in [6, 6.07) is 19.4. The van der Waals surface area contributed by atoms with E-state index in [0.717, 1.165) is 5.56 Å². The van der Waals surface area contributed by atoms with Gasteiger partial charge < -0.3 is 9.42 Å². The van der Waals surface area contributed by atoms with E-state index in [1.54, 1.807) is 4.90 Å². The summed E-state index contributed by atoms with van der Waals surface area (Å²) in [5.74, 6) is 1.49. The molecule has 0 saturated carbocycles. The van der Waals surface area contributed by atoms with E-state index < -0.39 is 0 Å². The van der Waals surface area contributed by atoms with E-state index in [2.05, 4.69) is 10.1 Å². The maximum absolute atomic E-state index is 12.3. The average molecular weight is 319 g/mol. The fourth-order valence-electron chi connectivity index (χ4n) is 2.85. The van der Waals surface area contributed by atoms with Crippen molar-refractivity contribution in [3.63, 3.8) is 0 Å². The molecule has 120 valence electrons. The zero-order valence-corrected chi connectivity index (χ0v) is 13.1. The van der Waals surface area contributed by atoms with Crippen LogP contribution in [0.5, 0.6) is 0 Å². The number of carbonyl (C=O) groups is 1. The van der Waals surface area contributed by atoms with Crippen molar-refractivity contribution in [2.45, 2.75) is 12.3 Å². The molecule has 0 aliphatic carbocycles. The van der Waals surface area contributed by atoms with Crippen LogP contribution < -0.4 is 0 Å². The Hall–Kier alpha value is -2.95. The zero-order valence-electron chi connectivity index (χ0n) is 13.1. The summed E-state index contributed by atoms with van der Waals surface area (Å²) in [5.41, 5.74) is 1.87. The van der Waals surface area contributed by atoms with Gasteiger partial charge in [0.25, 0.3) is 5.91 Å². The van der Waals surface area contributed by atoms with Gasteiger partial charge in [-0.25, -0.2) is 0 Å². The van der Waals surface area contributed by atoms with E-state index in [1.165, 1.54) is 0 Å². The predicted molar refractivity (Wildman–Crippen MR) is 88.6 cm³/mol. The molecule has 3 aromatic rings. The molecule has 1 amide bonds. The first kappa shape index (κ1) is 14.6. The second-order valence-electron chi connectivity index (χ2n) is 5.98. The molecule has 4 rings (SSSR count). The van der Waals surface area contributed by atoms with Gasteiger partial charge in [0.2, 0.25) is 5.89 Å². The molecule has 0 bridgehead atoms. The van der Waals surface area contributed by atoms with Gasteiger partial charge in [0.15, 0.2) is 5.82 Å². The Morgan fingerprint density at radius 2 is 1.71 bits per heavy atom. The van der Waals surface area contributed by atoms with Gasteiger partial charge in [-0.1, -0.05) is 53.7 Å². The SMILES string of the molecule is O=C(c1ccccc1)N1CC(c2nc(Cc3ccccc3)no2)C1. The van der Waals surface area contributed by atoms with Crippen molar-refractivity contribution in [3.05, 3.63) is 83.5 Å². The third-order valence-electron chi connectivity index (χ3n) is 4.23. The Morgan fingerprint density at radius 3 is 2.42 bits per heavy atom. The Balaban J connectivity index is 1.37. The first-order valence-corrected chi connectivity index (χ1v) is 8.00. The first-order valence-electron chi connectivity index (χ1n) is 8.00. The standard InChI is InChI=1S/C19H17N3O2/c23-19(15-9-5-2-6-10-15)22-12-16(13-22)18-20-17(21-24-18)11-14-7-3-1-4-8-14/h1-10,16H,11-13H2. The van der Waals surface area contributed by atoms with Crippen molar-refractivity contribution < 1.29 is 9.32 Å². The smallest absolute Gasteiger partial charge is 0.253 e. The summed E-state index contributed by atoms with van der Waals surface area (Å²) in [4.78, 5) is 18.6. The highest BCUT2D eigenvalue weighted by molar-refractivity contribution is 5.94. The number of nitrogens with zero attached hydrogens (tertiary/aromatic N) is 3. The first-order chi connectivity index (χ1) is 11.8. The minimum absolute atomic E-state index is 0.0517. The molecule has 2 aromatic carbocycles. The number of likely N-dealkylation sites (tertiary alicyclic amines) is 1. The number of hydrogen-bond donors (Lipinski definition) is 0. The van der Waals surface area contributed by atoms with E-state index in [4.69, 9.17) is 4.52 Å². The topological polar surface area (TPSA) is 59.2 Å². The summed E-state index contributed by atoms with van der Waals surface area (Å²) < 4.78 is 5.38. The van der Waals surface area contributed by atoms with Gasteiger partial charge in [-0.2, -0.15) is 4.98 Å². The molecule has 1 fully saturated rings. The van der Waals surface area contributed by atoms with Crippen molar-refractivity contribution in [2.75, 3.05) is 13.1 Å². The van der Waals surface area contributed by atoms with Gasteiger partial charge in [-0.05, 0) is 17.7 Å². The summed E-state index contributed by atoms with van der Waals surface area (Å²) in [5, 5.41) is 4.05. The lowest BCUT2D eigenvalue weighted by atomic mass is 9.99. The van der Waals surface area contributed by atoms with Crippen LogP contribution in [0.15, 0.2) is 65.2 Å². The van der Waals surface area contributed by atoms with Gasteiger partial charge in [-0.3, -0.25) is 4.79 Å². The van der Waals surface area contributed by atoms with Gasteiger partial charge in [-0.15, -0.1) is 0 Å². The van der Waals surface area contributed by atoms with Gasteiger partial charge >= 0.3 is 0 Å². The fraction of sp³-hybridized carbons (Fsp3) is 0.211. The highest BCUT2D eigenvalue weighted by atomic mass is 16.5. The summed E-state index contributed by atoms with van der Waals surface area (Å²) in [6.07, 6.45) is 0.656. The molecule has 1 aliphatic rings. The summed E-state index contributed by atoms with van der Waals surface area (Å²) in [6.45, 7) is 1.25. The normalized spacial score (nSPS) is 14.4. The van der Waals surface area contributed by atoms with Crippen LogP contribution in [-0.4, -0.2) is 34.0 Å². The molecule has 0 radical (unpaired) electrons. The van der Waals surface area contributed by atoms with Crippen molar-refractivity contribution in [2.24, 2.45) is 0 Å². The van der Waals surface area contributed by atoms with Crippen LogP contribution in [0.4, 0.5) is 0 Å². The third kappa shape index (κ3) is 2.93. The molecule has 0 atom stereocenters. The molecule has 1 saturated heterocycles. The lowest BCUT2D eigenvalue weighted by molar-refractivity contribution is 0.0569. The van der Waals surface area contributed by atoms with Crippen LogP contribution in [0.2, 0.25) is 0 Å². The number of carbonyl (C=O) groups excluding carboxylic acids is 1. The highest BCUT2D eigenvalue weighted by Crippen LogP contribution is 2.27. The van der Waals surface area contributed by atoms with Gasteiger partial charge in [0, 0.05) is 25.1 Å². The number of rotatable bonds is 4. The average Bonchev–Trinajstić information content (AvgIpc) is 3.03. The highest BCUT2D eigenvalue weighted by Gasteiger charge is 2.35. The number of amides is 1. The van der Waals surface area contributed by atoms with Gasteiger partial charge in [0.1, 0.15) is 0 Å². The zero-order chi connectivity index (χ0) is 16.4. The molecule has 5 heteroatoms. The Kier molecular flexibility index (Phi) is 3.83. The minimum atomic E-state index is 0.0517. The number of aromatic nitrogens is 2. The molecule has 1 aromatic heterocycles. The van der Waals surface area contributed by atoms with Crippen LogP contribution in [0.3, 0.4) is 0 Å². The largest absolute Gasteiger partial charge is 0.339 e. The van der Waals surface area contributed by atoms with Crippen LogP contribution in [0.25, 0.3) is 0 Å². The third-order valence-corrected chi connectivity index (χ3v) is 4.23. The van der Waals surface area contributed by atoms with Crippen molar-refractivity contribution >= 4 is 5.91 Å². The maximum Gasteiger partial charge on any atom is 0.253 e. The van der Waals surface area contributed by atoms with Crippen molar-refractivity contribution in [3.8, 4) is 0 Å². The van der Waals surface area contributed by atoms with Crippen LogP contribution in [0, 0.1) is 0 Å². The Labute approximate surface area is 139 Å².